The van der Waals surface area contributed by atoms with Crippen molar-refractivity contribution in [3.63, 3.8) is 0 Å². The molecule has 0 bridgehead atoms. The van der Waals surface area contributed by atoms with Gasteiger partial charge in [0.2, 0.25) is 0 Å². The number of amides is 1. The molecule has 0 aromatic carbocycles. The van der Waals surface area contributed by atoms with Crippen LogP contribution in [0.1, 0.15) is 26.7 Å². The van der Waals surface area contributed by atoms with E-state index in [4.69, 9.17) is 10.3 Å². The second-order valence-electron chi connectivity index (χ2n) is 3.34. The molecule has 1 N–H and O–H groups in total. The number of hydrogen-bond acceptors (Lipinski definition) is 3. The number of carbonyl (C=O) groups excluding carboxylic acids is 1. The molecular weight excluding hydrogens is 184 g/mol. The summed E-state index contributed by atoms with van der Waals surface area (Å²) in [6, 6.07) is -0.412. The number of ether oxygens (including phenoxy) is 1. The van der Waals surface area contributed by atoms with Gasteiger partial charge in [0, 0.05) is 4.91 Å². The van der Waals surface area contributed by atoms with Gasteiger partial charge in [0.25, 0.3) is 0 Å². The van der Waals surface area contributed by atoms with Crippen LogP contribution in [0.5, 0.6) is 0 Å². The first kappa shape index (κ1) is 10.7. The molecule has 6 nitrogen and oxygen atoms in total. The Morgan fingerprint density at radius 1 is 1.79 bits per heavy atom. The van der Waals surface area contributed by atoms with E-state index < -0.39 is 6.09 Å². The Hall–Kier alpha value is -1.42. The third-order valence-corrected chi connectivity index (χ3v) is 2.28. The first-order chi connectivity index (χ1) is 6.69. The molecular formula is C8H14N4O2. The van der Waals surface area contributed by atoms with Gasteiger partial charge >= 0.3 is 6.09 Å². The second kappa shape index (κ2) is 4.72. The smallest absolute Gasteiger partial charge is 0.407 e. The van der Waals surface area contributed by atoms with E-state index in [1.807, 2.05) is 6.92 Å². The molecule has 0 aromatic rings. The van der Waals surface area contributed by atoms with Gasteiger partial charge in [0.1, 0.15) is 6.10 Å². The van der Waals surface area contributed by atoms with E-state index in [9.17, 15) is 4.79 Å². The molecule has 0 saturated carbocycles. The summed E-state index contributed by atoms with van der Waals surface area (Å²) >= 11 is 0. The van der Waals surface area contributed by atoms with Gasteiger partial charge in [0.05, 0.1) is 12.1 Å². The molecule has 1 heterocycles. The number of nitrogens with zero attached hydrogens (tertiary/aromatic N) is 3. The predicted molar refractivity (Wildman–Crippen MR) is 50.7 cm³/mol. The lowest BCUT2D eigenvalue weighted by molar-refractivity contribution is 0.138. The highest BCUT2D eigenvalue weighted by molar-refractivity contribution is 5.70. The predicted octanol–water partition coefficient (Wildman–Crippen LogP) is 1.96. The fourth-order valence-electron chi connectivity index (χ4n) is 1.61. The number of alkyl carbamates (subject to hydrolysis) is 1. The summed E-state index contributed by atoms with van der Waals surface area (Å²) in [4.78, 5) is 13.7. The summed E-state index contributed by atoms with van der Waals surface area (Å²) in [6.07, 6.45) is 0.993. The molecule has 14 heavy (non-hydrogen) atoms. The maximum Gasteiger partial charge on any atom is 0.407 e. The molecule has 78 valence electrons. The van der Waals surface area contributed by atoms with Crippen molar-refractivity contribution in [1.29, 1.82) is 0 Å². The zero-order chi connectivity index (χ0) is 10.6. The minimum atomic E-state index is -0.434. The van der Waals surface area contributed by atoms with E-state index in [0.29, 0.717) is 0 Å². The van der Waals surface area contributed by atoms with E-state index >= 15 is 0 Å². The van der Waals surface area contributed by atoms with Crippen molar-refractivity contribution in [3.05, 3.63) is 10.4 Å². The summed E-state index contributed by atoms with van der Waals surface area (Å²) in [5.74, 6) is 0. The van der Waals surface area contributed by atoms with Crippen LogP contribution in [0.25, 0.3) is 10.4 Å². The average Bonchev–Trinajstić information content (AvgIpc) is 2.45. The first-order valence-corrected chi connectivity index (χ1v) is 4.70. The van der Waals surface area contributed by atoms with Gasteiger partial charge in [-0.1, -0.05) is 18.5 Å². The van der Waals surface area contributed by atoms with Crippen LogP contribution in [-0.2, 0) is 4.74 Å². The Kier molecular flexibility index (Phi) is 3.59. The van der Waals surface area contributed by atoms with E-state index in [1.54, 1.807) is 6.92 Å². The summed E-state index contributed by atoms with van der Waals surface area (Å²) in [5, 5.41) is 6.31. The molecule has 0 aromatic heterocycles. The molecule has 0 spiro atoms. The van der Waals surface area contributed by atoms with Crippen molar-refractivity contribution >= 4 is 6.09 Å². The van der Waals surface area contributed by atoms with Crippen molar-refractivity contribution in [1.82, 2.24) is 5.32 Å². The maximum absolute atomic E-state index is 10.9. The normalized spacial score (nSPS) is 27.4. The molecule has 3 atom stereocenters. The van der Waals surface area contributed by atoms with Gasteiger partial charge < -0.3 is 10.1 Å². The SMILES string of the molecule is CCC[C@H](N=[N+]=[N-])[C@@H]1NC(=O)O[C@H]1C. The van der Waals surface area contributed by atoms with Gasteiger partial charge in [-0.3, -0.25) is 0 Å². The lowest BCUT2D eigenvalue weighted by Crippen LogP contribution is -2.40. The molecule has 0 radical (unpaired) electrons. The third-order valence-electron chi connectivity index (χ3n) is 2.28. The highest BCUT2D eigenvalue weighted by atomic mass is 16.6. The molecule has 6 heteroatoms. The van der Waals surface area contributed by atoms with Crippen LogP contribution >= 0.6 is 0 Å². The zero-order valence-electron chi connectivity index (χ0n) is 8.30. The molecule has 0 aliphatic carbocycles. The van der Waals surface area contributed by atoms with Crippen LogP contribution in [0.3, 0.4) is 0 Å². The minimum absolute atomic E-state index is 0.196. The molecule has 1 fully saturated rings. The quantitative estimate of drug-likeness (QED) is 0.425. The van der Waals surface area contributed by atoms with Crippen molar-refractivity contribution in [2.75, 3.05) is 0 Å². The topological polar surface area (TPSA) is 87.1 Å². The zero-order valence-corrected chi connectivity index (χ0v) is 8.30. The standard InChI is InChI=1S/C8H14N4O2/c1-3-4-6(11-12-9)7-5(2)14-8(13)10-7/h5-7H,3-4H2,1-2H3,(H,10,13)/t5-,6-,7+/m0/s1. The largest absolute Gasteiger partial charge is 0.444 e. The Balaban J connectivity index is 2.67. The monoisotopic (exact) mass is 198 g/mol. The number of hydrogen-bond donors (Lipinski definition) is 1. The van der Waals surface area contributed by atoms with E-state index in [-0.39, 0.29) is 18.2 Å². The Bertz CT molecular complexity index is 262. The molecule has 1 amide bonds. The summed E-state index contributed by atoms with van der Waals surface area (Å²) in [5.41, 5.74) is 8.38. The molecule has 1 aliphatic rings. The fraction of sp³-hybridized carbons (Fsp3) is 0.875. The highest BCUT2D eigenvalue weighted by Crippen LogP contribution is 2.17. The fourth-order valence-corrected chi connectivity index (χ4v) is 1.61. The van der Waals surface area contributed by atoms with E-state index in [1.165, 1.54) is 0 Å². The van der Waals surface area contributed by atoms with Gasteiger partial charge in [-0.15, -0.1) is 0 Å². The van der Waals surface area contributed by atoms with E-state index in [2.05, 4.69) is 15.3 Å². The van der Waals surface area contributed by atoms with Crippen molar-refractivity contribution < 1.29 is 9.53 Å². The second-order valence-corrected chi connectivity index (χ2v) is 3.34. The lowest BCUT2D eigenvalue weighted by atomic mass is 10.0. The Morgan fingerprint density at radius 2 is 2.50 bits per heavy atom. The summed E-state index contributed by atoms with van der Waals surface area (Å²) < 4.78 is 4.91. The number of azide groups is 1. The van der Waals surface area contributed by atoms with Crippen LogP contribution in [-0.4, -0.2) is 24.3 Å². The van der Waals surface area contributed by atoms with E-state index in [0.717, 1.165) is 12.8 Å². The molecule has 1 rings (SSSR count). The van der Waals surface area contributed by atoms with Crippen LogP contribution in [0.2, 0.25) is 0 Å². The van der Waals surface area contributed by atoms with Gasteiger partial charge in [-0.05, 0) is 18.9 Å². The minimum Gasteiger partial charge on any atom is -0.444 e. The molecule has 0 unspecified atom stereocenters. The Morgan fingerprint density at radius 3 is 2.93 bits per heavy atom. The van der Waals surface area contributed by atoms with Crippen LogP contribution in [0, 0.1) is 0 Å². The summed E-state index contributed by atoms with van der Waals surface area (Å²) in [7, 11) is 0. The number of carbonyl (C=O) groups is 1. The van der Waals surface area contributed by atoms with Gasteiger partial charge in [-0.2, -0.15) is 0 Å². The first-order valence-electron chi connectivity index (χ1n) is 4.70. The molecule has 1 aliphatic heterocycles. The van der Waals surface area contributed by atoms with Crippen molar-refractivity contribution in [3.8, 4) is 0 Å². The molecule has 1 saturated heterocycles. The summed E-state index contributed by atoms with van der Waals surface area (Å²) in [6.45, 7) is 3.79. The third kappa shape index (κ3) is 2.29. The average molecular weight is 198 g/mol. The lowest BCUT2D eigenvalue weighted by Gasteiger charge is -2.19. The van der Waals surface area contributed by atoms with Crippen molar-refractivity contribution in [2.24, 2.45) is 5.11 Å². The highest BCUT2D eigenvalue weighted by Gasteiger charge is 2.35. The number of nitrogens with one attached hydrogen (secondary N) is 1. The Labute approximate surface area is 82.2 Å². The van der Waals surface area contributed by atoms with Crippen LogP contribution in [0.15, 0.2) is 5.11 Å². The van der Waals surface area contributed by atoms with Crippen LogP contribution in [0.4, 0.5) is 4.79 Å². The number of cyclic esters (lactones) is 1. The van der Waals surface area contributed by atoms with Crippen LogP contribution < -0.4 is 5.32 Å². The van der Waals surface area contributed by atoms with Gasteiger partial charge in [0.15, 0.2) is 0 Å². The maximum atomic E-state index is 10.9. The van der Waals surface area contributed by atoms with Crippen molar-refractivity contribution in [2.45, 2.75) is 44.9 Å². The number of rotatable bonds is 4. The van der Waals surface area contributed by atoms with Gasteiger partial charge in [-0.25, -0.2) is 4.79 Å².